The van der Waals surface area contributed by atoms with Gasteiger partial charge in [-0.2, -0.15) is 0 Å². The molecule has 0 aliphatic heterocycles. The molecule has 4 nitrogen and oxygen atoms in total. The lowest BCUT2D eigenvalue weighted by molar-refractivity contribution is -0.123. The fraction of sp³-hybridized carbons (Fsp3) is 0.300. The van der Waals surface area contributed by atoms with Crippen molar-refractivity contribution in [3.63, 3.8) is 0 Å². The molecule has 1 amide bonds. The quantitative estimate of drug-likeness (QED) is 0.670. The topological polar surface area (TPSA) is 46.9 Å². The number of carbonyl (C=O) groups is 1. The molecule has 1 saturated carbocycles. The summed E-state index contributed by atoms with van der Waals surface area (Å²) in [5.41, 5.74) is 2.88. The van der Waals surface area contributed by atoms with Crippen LogP contribution in [0.4, 0.5) is 0 Å². The monoisotopic (exact) mass is 387 g/mol. The molecule has 0 saturated heterocycles. The summed E-state index contributed by atoms with van der Waals surface area (Å²) in [6.45, 7) is 2.54. The molecule has 4 rings (SSSR count). The number of hydrogen-bond acceptors (Lipinski definition) is 2. The molecule has 1 fully saturated rings. The number of nitrogens with one attached hydrogen (secondary N) is 1. The summed E-state index contributed by atoms with van der Waals surface area (Å²) in [6.07, 6.45) is 1.96. The van der Waals surface area contributed by atoms with Gasteiger partial charge in [-0.1, -0.05) is 41.4 Å². The summed E-state index contributed by atoms with van der Waals surface area (Å²) in [7, 11) is 0. The molecule has 2 aromatic carbocycles. The van der Waals surface area contributed by atoms with E-state index in [-0.39, 0.29) is 17.9 Å². The van der Waals surface area contributed by atoms with Gasteiger partial charge in [0, 0.05) is 16.0 Å². The first-order valence-electron chi connectivity index (χ1n) is 8.72. The highest BCUT2D eigenvalue weighted by Gasteiger charge is 2.31. The summed E-state index contributed by atoms with van der Waals surface area (Å²) in [5, 5.41) is 4.32. The molecule has 0 spiro atoms. The van der Waals surface area contributed by atoms with Crippen molar-refractivity contribution in [2.75, 3.05) is 0 Å². The second-order valence-electron chi connectivity index (χ2n) is 6.79. The van der Waals surface area contributed by atoms with Crippen LogP contribution in [0.2, 0.25) is 10.0 Å². The fourth-order valence-electron chi connectivity index (χ4n) is 3.15. The van der Waals surface area contributed by atoms with E-state index in [1.807, 2.05) is 43.3 Å². The standard InChI is InChI=1S/C20H19Cl2N3O/c1-12(23-20(26)13-6-7-13)19-24-17-4-2-3-5-18(17)25(19)11-14-8-9-15(21)10-16(14)22/h2-5,8-10,12-13H,6-7,11H2,1H3,(H,23,26). The van der Waals surface area contributed by atoms with Crippen LogP contribution in [-0.4, -0.2) is 15.5 Å². The van der Waals surface area contributed by atoms with E-state index in [0.717, 1.165) is 35.3 Å². The highest BCUT2D eigenvalue weighted by Crippen LogP contribution is 2.31. The third kappa shape index (κ3) is 3.44. The lowest BCUT2D eigenvalue weighted by atomic mass is 10.2. The Morgan fingerprint density at radius 1 is 1.27 bits per heavy atom. The maximum atomic E-state index is 12.2. The molecule has 0 bridgehead atoms. The van der Waals surface area contributed by atoms with Gasteiger partial charge in [0.25, 0.3) is 0 Å². The Morgan fingerprint density at radius 3 is 2.77 bits per heavy atom. The zero-order chi connectivity index (χ0) is 18.3. The summed E-state index contributed by atoms with van der Waals surface area (Å²) >= 11 is 12.4. The van der Waals surface area contributed by atoms with Crippen LogP contribution in [0.3, 0.4) is 0 Å². The third-order valence-corrected chi connectivity index (χ3v) is 5.31. The van der Waals surface area contributed by atoms with Crippen LogP contribution in [-0.2, 0) is 11.3 Å². The summed E-state index contributed by atoms with van der Waals surface area (Å²) in [5.74, 6) is 1.10. The molecular weight excluding hydrogens is 369 g/mol. The first kappa shape index (κ1) is 17.4. The minimum absolute atomic E-state index is 0.112. The van der Waals surface area contributed by atoms with Crippen LogP contribution in [0.1, 0.15) is 37.2 Å². The average molecular weight is 388 g/mol. The summed E-state index contributed by atoms with van der Waals surface area (Å²) < 4.78 is 2.11. The molecule has 1 aliphatic carbocycles. The van der Waals surface area contributed by atoms with Gasteiger partial charge in [0.2, 0.25) is 5.91 Å². The summed E-state index contributed by atoms with van der Waals surface area (Å²) in [6, 6.07) is 13.3. The van der Waals surface area contributed by atoms with Crippen molar-refractivity contribution in [3.05, 3.63) is 63.9 Å². The molecule has 1 N–H and O–H groups in total. The van der Waals surface area contributed by atoms with Gasteiger partial charge < -0.3 is 9.88 Å². The van der Waals surface area contributed by atoms with Gasteiger partial charge in [0.15, 0.2) is 0 Å². The van der Waals surface area contributed by atoms with E-state index in [2.05, 4.69) is 9.88 Å². The van der Waals surface area contributed by atoms with E-state index in [4.69, 9.17) is 28.2 Å². The fourth-order valence-corrected chi connectivity index (χ4v) is 3.62. The maximum Gasteiger partial charge on any atom is 0.223 e. The van der Waals surface area contributed by atoms with Crippen molar-refractivity contribution in [2.45, 2.75) is 32.4 Å². The molecule has 1 unspecified atom stereocenters. The average Bonchev–Trinajstić information content (AvgIpc) is 3.40. The Kier molecular flexibility index (Phi) is 4.63. The lowest BCUT2D eigenvalue weighted by Gasteiger charge is -2.17. The number of imidazole rings is 1. The number of benzene rings is 2. The molecule has 26 heavy (non-hydrogen) atoms. The minimum atomic E-state index is -0.179. The van der Waals surface area contributed by atoms with Gasteiger partial charge >= 0.3 is 0 Å². The van der Waals surface area contributed by atoms with Crippen molar-refractivity contribution in [1.29, 1.82) is 0 Å². The third-order valence-electron chi connectivity index (χ3n) is 4.72. The number of aromatic nitrogens is 2. The number of halogens is 2. The van der Waals surface area contributed by atoms with Gasteiger partial charge in [-0.15, -0.1) is 0 Å². The van der Waals surface area contributed by atoms with Crippen LogP contribution in [0, 0.1) is 5.92 Å². The molecule has 6 heteroatoms. The number of para-hydroxylation sites is 2. The Hall–Kier alpha value is -2.04. The van der Waals surface area contributed by atoms with Crippen molar-refractivity contribution in [2.24, 2.45) is 5.92 Å². The van der Waals surface area contributed by atoms with Gasteiger partial charge in [0.1, 0.15) is 5.82 Å². The Bertz CT molecular complexity index is 978. The van der Waals surface area contributed by atoms with Crippen LogP contribution >= 0.6 is 23.2 Å². The predicted molar refractivity (Wildman–Crippen MR) is 105 cm³/mol. The Balaban J connectivity index is 1.72. The van der Waals surface area contributed by atoms with Crippen molar-refractivity contribution < 1.29 is 4.79 Å². The highest BCUT2D eigenvalue weighted by molar-refractivity contribution is 6.35. The zero-order valence-corrected chi connectivity index (χ0v) is 15.9. The number of nitrogens with zero attached hydrogens (tertiary/aromatic N) is 2. The van der Waals surface area contributed by atoms with E-state index >= 15 is 0 Å². The molecule has 1 atom stereocenters. The van der Waals surface area contributed by atoms with E-state index in [9.17, 15) is 4.79 Å². The van der Waals surface area contributed by atoms with Gasteiger partial charge in [-0.3, -0.25) is 4.79 Å². The molecule has 1 heterocycles. The van der Waals surface area contributed by atoms with E-state index in [1.54, 1.807) is 6.07 Å². The van der Waals surface area contributed by atoms with Crippen molar-refractivity contribution >= 4 is 40.1 Å². The number of hydrogen-bond donors (Lipinski definition) is 1. The first-order chi connectivity index (χ1) is 12.5. The van der Waals surface area contributed by atoms with Crippen molar-refractivity contribution in [1.82, 2.24) is 14.9 Å². The smallest absolute Gasteiger partial charge is 0.223 e. The number of fused-ring (bicyclic) bond motifs is 1. The van der Waals surface area contributed by atoms with Crippen molar-refractivity contribution in [3.8, 4) is 0 Å². The summed E-state index contributed by atoms with van der Waals surface area (Å²) in [4.78, 5) is 16.9. The molecular formula is C20H19Cl2N3O. The van der Waals surface area contributed by atoms with Gasteiger partial charge in [-0.25, -0.2) is 4.98 Å². The molecule has 1 aliphatic rings. The largest absolute Gasteiger partial charge is 0.346 e. The Morgan fingerprint density at radius 2 is 2.04 bits per heavy atom. The Labute approximate surface area is 162 Å². The van der Waals surface area contributed by atoms with Crippen LogP contribution in [0.25, 0.3) is 11.0 Å². The predicted octanol–water partition coefficient (Wildman–Crippen LogP) is 4.98. The zero-order valence-electron chi connectivity index (χ0n) is 14.4. The van der Waals surface area contributed by atoms with Crippen LogP contribution in [0.15, 0.2) is 42.5 Å². The maximum absolute atomic E-state index is 12.2. The SMILES string of the molecule is CC(NC(=O)C1CC1)c1nc2ccccc2n1Cc1ccc(Cl)cc1Cl. The number of rotatable bonds is 5. The highest BCUT2D eigenvalue weighted by atomic mass is 35.5. The minimum Gasteiger partial charge on any atom is -0.346 e. The number of amides is 1. The van der Waals surface area contributed by atoms with E-state index in [1.165, 1.54) is 0 Å². The van der Waals surface area contributed by atoms with E-state index < -0.39 is 0 Å². The molecule has 1 aromatic heterocycles. The van der Waals surface area contributed by atoms with E-state index in [0.29, 0.717) is 16.6 Å². The second-order valence-corrected chi connectivity index (χ2v) is 7.63. The molecule has 134 valence electrons. The van der Waals surface area contributed by atoms with Gasteiger partial charge in [0.05, 0.1) is 23.6 Å². The van der Waals surface area contributed by atoms with Crippen LogP contribution < -0.4 is 5.32 Å². The number of carbonyl (C=O) groups excluding carboxylic acids is 1. The molecule has 3 aromatic rings. The molecule has 0 radical (unpaired) electrons. The normalized spacial score (nSPS) is 15.2. The first-order valence-corrected chi connectivity index (χ1v) is 9.48. The van der Waals surface area contributed by atoms with Gasteiger partial charge in [-0.05, 0) is 49.6 Å². The lowest BCUT2D eigenvalue weighted by Crippen LogP contribution is -2.30. The van der Waals surface area contributed by atoms with Crippen LogP contribution in [0.5, 0.6) is 0 Å². The second kappa shape index (κ2) is 6.93.